The van der Waals surface area contributed by atoms with Crippen molar-refractivity contribution in [3.8, 4) is 0 Å². The summed E-state index contributed by atoms with van der Waals surface area (Å²) in [6.45, 7) is 0. The monoisotopic (exact) mass is 621 g/mol. The molecule has 0 N–H and O–H groups in total. The van der Waals surface area contributed by atoms with E-state index in [9.17, 15) is 16.2 Å². The summed E-state index contributed by atoms with van der Waals surface area (Å²) in [6, 6.07) is 58.3. The molecule has 0 saturated carbocycles. The maximum absolute atomic E-state index is 13.8. The average molecular weight is 622 g/mol. The Morgan fingerprint density at radius 2 is 0.419 bits per heavy atom. The van der Waals surface area contributed by atoms with Crippen LogP contribution in [0.25, 0.3) is 0 Å². The zero-order chi connectivity index (χ0) is 30.4. The van der Waals surface area contributed by atoms with Gasteiger partial charge in [0, 0.05) is 31.8 Å². The molecule has 0 atom stereocenters. The van der Waals surface area contributed by atoms with Crippen molar-refractivity contribution < 1.29 is 16.2 Å². The number of halogens is 2. The minimum absolute atomic E-state index is 0.873. The van der Waals surface area contributed by atoms with Gasteiger partial charge in [0.15, 0.2) is 14.3 Å². The van der Waals surface area contributed by atoms with Gasteiger partial charge >= 0.3 is 23.2 Å². The molecule has 7 heteroatoms. The van der Waals surface area contributed by atoms with Crippen molar-refractivity contribution in [3.63, 3.8) is 0 Å². The van der Waals surface area contributed by atoms with Gasteiger partial charge in [0.05, 0.1) is 0 Å². The van der Waals surface area contributed by atoms with Crippen molar-refractivity contribution in [1.29, 1.82) is 0 Å². The standard InChI is InChI=1S/2C18H15OP.Al.2FH/c2*19-20(16-10-4-1-5-11-16,17-12-6-2-7-13-17)18-14-8-3-9-15-18;;;/h2*1-15H;;2*1H/q;;+3;;/p-2. The topological polar surface area (TPSA) is 34.1 Å². The van der Waals surface area contributed by atoms with Gasteiger partial charge in [0.25, 0.3) is 0 Å². The summed E-state index contributed by atoms with van der Waals surface area (Å²) >= 11 is -2.25. The third-order valence-electron chi connectivity index (χ3n) is 6.72. The van der Waals surface area contributed by atoms with E-state index in [0.29, 0.717) is 0 Å². The molecule has 0 bridgehead atoms. The molecule has 0 aliphatic rings. The number of hydrogen-bond acceptors (Lipinski definition) is 2. The summed E-state index contributed by atoms with van der Waals surface area (Å²) in [6.07, 6.45) is 0. The van der Waals surface area contributed by atoms with Gasteiger partial charge in [-0.05, 0) is 0 Å². The van der Waals surface area contributed by atoms with Gasteiger partial charge in [-0.2, -0.15) is 0 Å². The molecule has 0 unspecified atom stereocenters. The van der Waals surface area contributed by atoms with Gasteiger partial charge in [0.2, 0.25) is 0 Å². The van der Waals surface area contributed by atoms with Crippen LogP contribution in [0.2, 0.25) is 0 Å². The van der Waals surface area contributed by atoms with Gasteiger partial charge in [0.1, 0.15) is 0 Å². The molecule has 43 heavy (non-hydrogen) atoms. The van der Waals surface area contributed by atoms with Gasteiger partial charge in [-0.25, -0.2) is 0 Å². The molecule has 212 valence electrons. The quantitative estimate of drug-likeness (QED) is 0.147. The molecule has 2 nitrogen and oxygen atoms in total. The molecular weight excluding hydrogens is 591 g/mol. The molecule has 0 aliphatic carbocycles. The zero-order valence-electron chi connectivity index (χ0n) is 23.4. The molecule has 0 aliphatic heterocycles. The van der Waals surface area contributed by atoms with Crippen LogP contribution in [0, 0.1) is 0 Å². The van der Waals surface area contributed by atoms with E-state index in [4.69, 9.17) is 0 Å². The third-order valence-corrected chi connectivity index (χ3v) is 12.9. The Labute approximate surface area is 259 Å². The second-order valence-corrected chi connectivity index (χ2v) is 15.0. The summed E-state index contributed by atoms with van der Waals surface area (Å²) in [4.78, 5) is 0. The van der Waals surface area contributed by atoms with E-state index in [1.165, 1.54) is 0 Å². The van der Waals surface area contributed by atoms with Crippen molar-refractivity contribution in [3.05, 3.63) is 182 Å². The Balaban J connectivity index is 0.000000181. The van der Waals surface area contributed by atoms with E-state index < -0.39 is 30.4 Å². The van der Waals surface area contributed by atoms with Crippen molar-refractivity contribution in [1.82, 2.24) is 0 Å². The van der Waals surface area contributed by atoms with E-state index in [2.05, 4.69) is 0 Å². The Hall–Kier alpha value is -3.83. The molecule has 0 fully saturated rings. The van der Waals surface area contributed by atoms with E-state index in [-0.39, 0.29) is 0 Å². The SMILES string of the molecule is O=P(c1ccccc1)(c1ccccc1)c1ccccc1.O=P(c1ccccc1)(c1ccccc1)c1ccccc1.[F][Al+][F]. The first-order chi connectivity index (χ1) is 21.0. The molecule has 0 heterocycles. The fourth-order valence-electron chi connectivity index (χ4n) is 4.72. The molecular formula is C36H30AlF2O2P2+. The molecule has 6 aromatic carbocycles. The third kappa shape index (κ3) is 7.77. The van der Waals surface area contributed by atoms with Crippen LogP contribution >= 0.6 is 14.3 Å². The van der Waals surface area contributed by atoms with E-state index in [1.807, 2.05) is 182 Å². The first-order valence-electron chi connectivity index (χ1n) is 13.6. The second-order valence-electron chi connectivity index (χ2n) is 9.31. The van der Waals surface area contributed by atoms with Crippen LogP contribution in [0.1, 0.15) is 0 Å². The van der Waals surface area contributed by atoms with Crippen molar-refractivity contribution in [2.75, 3.05) is 0 Å². The Kier molecular flexibility index (Phi) is 12.0. The summed E-state index contributed by atoms with van der Waals surface area (Å²) in [5.41, 5.74) is 0. The van der Waals surface area contributed by atoms with E-state index in [1.54, 1.807) is 0 Å². The average Bonchev–Trinajstić information content (AvgIpc) is 3.10. The first kappa shape index (κ1) is 32.1. The fourth-order valence-corrected chi connectivity index (χ4v) is 10.1. The molecule has 0 radical (unpaired) electrons. The number of benzene rings is 6. The van der Waals surface area contributed by atoms with Crippen molar-refractivity contribution in [2.24, 2.45) is 0 Å². The van der Waals surface area contributed by atoms with Crippen molar-refractivity contribution in [2.45, 2.75) is 0 Å². The van der Waals surface area contributed by atoms with Crippen LogP contribution in [0.3, 0.4) is 0 Å². The summed E-state index contributed by atoms with van der Waals surface area (Å²) in [5.74, 6) is 0. The predicted molar refractivity (Wildman–Crippen MR) is 180 cm³/mol. The second kappa shape index (κ2) is 16.1. The summed E-state index contributed by atoms with van der Waals surface area (Å²) in [7, 11) is -5.55. The predicted octanol–water partition coefficient (Wildman–Crippen LogP) is 7.11. The van der Waals surface area contributed by atoms with Crippen LogP contribution in [-0.4, -0.2) is 16.1 Å². The Morgan fingerprint density at radius 3 is 0.535 bits per heavy atom. The minimum atomic E-state index is -2.78. The number of hydrogen-bond donors (Lipinski definition) is 0. The number of rotatable bonds is 6. The summed E-state index contributed by atoms with van der Waals surface area (Å²) in [5, 5.41) is 5.24. The van der Waals surface area contributed by atoms with Crippen LogP contribution in [0.15, 0.2) is 182 Å². The van der Waals surface area contributed by atoms with E-state index in [0.717, 1.165) is 31.8 Å². The molecule has 0 spiro atoms. The van der Waals surface area contributed by atoms with Gasteiger partial charge in [-0.3, -0.25) is 0 Å². The van der Waals surface area contributed by atoms with E-state index >= 15 is 0 Å². The van der Waals surface area contributed by atoms with Crippen LogP contribution in [-0.2, 0) is 9.13 Å². The zero-order valence-corrected chi connectivity index (χ0v) is 26.3. The van der Waals surface area contributed by atoms with Crippen LogP contribution < -0.4 is 31.8 Å². The molecule has 0 aromatic heterocycles. The van der Waals surface area contributed by atoms with Gasteiger partial charge in [-0.15, -0.1) is 0 Å². The first-order valence-corrected chi connectivity index (χ1v) is 17.9. The Morgan fingerprint density at radius 1 is 0.302 bits per heavy atom. The Bertz CT molecular complexity index is 1400. The maximum atomic E-state index is 13.8. The van der Waals surface area contributed by atoms with Crippen LogP contribution in [0.5, 0.6) is 0 Å². The normalized spacial score (nSPS) is 10.7. The van der Waals surface area contributed by atoms with Crippen molar-refractivity contribution >= 4 is 62.2 Å². The molecule has 6 aromatic rings. The van der Waals surface area contributed by atoms with Gasteiger partial charge in [-0.1, -0.05) is 182 Å². The molecule has 6 rings (SSSR count). The summed E-state index contributed by atoms with van der Waals surface area (Å²) < 4.78 is 47.1. The fraction of sp³-hybridized carbons (Fsp3) is 0. The van der Waals surface area contributed by atoms with Crippen LogP contribution in [0.4, 0.5) is 7.05 Å². The molecule has 0 amide bonds. The van der Waals surface area contributed by atoms with Gasteiger partial charge < -0.3 is 9.13 Å². The molecule has 0 saturated heterocycles.